The maximum absolute atomic E-state index is 9.36. The monoisotopic (exact) mass is 180 g/mol. The first-order chi connectivity index (χ1) is 6.27. The minimum Gasteiger partial charge on any atom is -0.393 e. The van der Waals surface area contributed by atoms with Crippen molar-refractivity contribution in [2.24, 2.45) is 0 Å². The van der Waals surface area contributed by atoms with Crippen molar-refractivity contribution < 1.29 is 5.11 Å². The Morgan fingerprint density at radius 2 is 2.08 bits per heavy atom. The van der Waals surface area contributed by atoms with E-state index in [1.54, 1.807) is 0 Å². The normalized spacial score (nSPS) is 29.1. The second-order valence-corrected chi connectivity index (χ2v) is 3.88. The van der Waals surface area contributed by atoms with Gasteiger partial charge in [0, 0.05) is 11.9 Å². The summed E-state index contributed by atoms with van der Waals surface area (Å²) in [6, 6.07) is 2.55. The number of rotatable bonds is 1. The fourth-order valence-corrected chi connectivity index (χ4v) is 2.07. The van der Waals surface area contributed by atoms with Crippen molar-refractivity contribution in [2.75, 3.05) is 0 Å². The van der Waals surface area contributed by atoms with Crippen molar-refractivity contribution in [3.05, 3.63) is 18.0 Å². The van der Waals surface area contributed by atoms with Crippen LogP contribution in [-0.2, 0) is 0 Å². The Kier molecular flexibility index (Phi) is 2.36. The van der Waals surface area contributed by atoms with Gasteiger partial charge in [-0.3, -0.25) is 4.68 Å². The molecule has 3 nitrogen and oxygen atoms in total. The Bertz CT molecular complexity index is 274. The molecule has 3 heteroatoms. The number of aliphatic hydroxyl groups excluding tert-OH is 1. The maximum atomic E-state index is 9.36. The number of aromatic nitrogens is 2. The lowest BCUT2D eigenvalue weighted by Gasteiger charge is -2.26. The highest BCUT2D eigenvalue weighted by Crippen LogP contribution is 2.28. The molecule has 0 unspecified atom stereocenters. The number of nitrogens with zero attached hydrogens (tertiary/aromatic N) is 2. The van der Waals surface area contributed by atoms with Gasteiger partial charge in [0.15, 0.2) is 0 Å². The maximum Gasteiger partial charge on any atom is 0.0541 e. The molecular weight excluding hydrogens is 164 g/mol. The van der Waals surface area contributed by atoms with E-state index in [0.29, 0.717) is 6.04 Å². The van der Waals surface area contributed by atoms with Crippen LogP contribution in [0.1, 0.15) is 37.4 Å². The zero-order valence-corrected chi connectivity index (χ0v) is 7.98. The Balaban J connectivity index is 2.06. The summed E-state index contributed by atoms with van der Waals surface area (Å²) in [5.41, 5.74) is 1.22. The fraction of sp³-hybridized carbons (Fsp3) is 0.700. The van der Waals surface area contributed by atoms with Crippen molar-refractivity contribution in [1.82, 2.24) is 9.78 Å². The van der Waals surface area contributed by atoms with Crippen molar-refractivity contribution in [1.29, 1.82) is 0 Å². The molecule has 2 rings (SSSR count). The standard InChI is InChI=1S/C10H16N2O/c1-8-6-7-11-12(8)9-2-4-10(13)5-3-9/h6-7,9-10,13H,2-5H2,1H3. The summed E-state index contributed by atoms with van der Waals surface area (Å²) in [6.07, 6.45) is 5.73. The lowest BCUT2D eigenvalue weighted by atomic mass is 9.93. The molecular formula is C10H16N2O. The van der Waals surface area contributed by atoms with E-state index >= 15 is 0 Å². The van der Waals surface area contributed by atoms with Gasteiger partial charge in [-0.05, 0) is 38.7 Å². The van der Waals surface area contributed by atoms with E-state index in [-0.39, 0.29) is 6.10 Å². The minimum absolute atomic E-state index is 0.0767. The number of aryl methyl sites for hydroxylation is 1. The zero-order valence-electron chi connectivity index (χ0n) is 7.98. The number of aliphatic hydroxyl groups is 1. The first-order valence-electron chi connectivity index (χ1n) is 4.95. The van der Waals surface area contributed by atoms with Crippen LogP contribution < -0.4 is 0 Å². The lowest BCUT2D eigenvalue weighted by Crippen LogP contribution is -2.22. The topological polar surface area (TPSA) is 38.0 Å². The van der Waals surface area contributed by atoms with Crippen LogP contribution in [-0.4, -0.2) is 21.0 Å². The Labute approximate surface area is 78.4 Å². The highest BCUT2D eigenvalue weighted by molar-refractivity contribution is 4.99. The predicted octanol–water partition coefficient (Wildman–Crippen LogP) is 1.67. The van der Waals surface area contributed by atoms with Crippen LogP contribution in [0.25, 0.3) is 0 Å². The molecule has 1 aliphatic carbocycles. The molecule has 72 valence electrons. The van der Waals surface area contributed by atoms with Gasteiger partial charge in [0.25, 0.3) is 0 Å². The molecule has 0 saturated heterocycles. The molecule has 1 aliphatic rings. The van der Waals surface area contributed by atoms with Gasteiger partial charge in [-0.2, -0.15) is 5.10 Å². The Morgan fingerprint density at radius 3 is 2.62 bits per heavy atom. The Hall–Kier alpha value is -0.830. The third kappa shape index (κ3) is 1.75. The van der Waals surface area contributed by atoms with Gasteiger partial charge < -0.3 is 5.11 Å². The van der Waals surface area contributed by atoms with E-state index in [9.17, 15) is 5.11 Å². The number of hydrogen-bond acceptors (Lipinski definition) is 2. The van der Waals surface area contributed by atoms with Gasteiger partial charge in [-0.15, -0.1) is 0 Å². The molecule has 0 atom stereocenters. The third-order valence-electron chi connectivity index (χ3n) is 2.88. The average Bonchev–Trinajstić information content (AvgIpc) is 2.53. The summed E-state index contributed by atoms with van der Waals surface area (Å²) in [6.45, 7) is 2.08. The molecule has 0 spiro atoms. The first-order valence-corrected chi connectivity index (χ1v) is 4.95. The van der Waals surface area contributed by atoms with E-state index in [4.69, 9.17) is 0 Å². The van der Waals surface area contributed by atoms with E-state index in [0.717, 1.165) is 25.7 Å². The largest absolute Gasteiger partial charge is 0.393 e. The van der Waals surface area contributed by atoms with Crippen LogP contribution in [0.15, 0.2) is 12.3 Å². The summed E-state index contributed by atoms with van der Waals surface area (Å²) >= 11 is 0. The summed E-state index contributed by atoms with van der Waals surface area (Å²) in [4.78, 5) is 0. The smallest absolute Gasteiger partial charge is 0.0541 e. The van der Waals surface area contributed by atoms with Crippen LogP contribution >= 0.6 is 0 Å². The first kappa shape index (κ1) is 8.75. The zero-order chi connectivity index (χ0) is 9.26. The van der Waals surface area contributed by atoms with Crippen LogP contribution in [0.2, 0.25) is 0 Å². The van der Waals surface area contributed by atoms with Gasteiger partial charge in [-0.25, -0.2) is 0 Å². The fourth-order valence-electron chi connectivity index (χ4n) is 2.07. The molecule has 1 saturated carbocycles. The SMILES string of the molecule is Cc1ccnn1C1CCC(O)CC1. The van der Waals surface area contributed by atoms with Crippen LogP contribution in [0, 0.1) is 6.92 Å². The highest BCUT2D eigenvalue weighted by atomic mass is 16.3. The second-order valence-electron chi connectivity index (χ2n) is 3.88. The quantitative estimate of drug-likeness (QED) is 0.713. The molecule has 0 bridgehead atoms. The van der Waals surface area contributed by atoms with Gasteiger partial charge in [-0.1, -0.05) is 0 Å². The third-order valence-corrected chi connectivity index (χ3v) is 2.88. The molecule has 0 aliphatic heterocycles. The van der Waals surface area contributed by atoms with Crippen LogP contribution in [0.4, 0.5) is 0 Å². The van der Waals surface area contributed by atoms with Gasteiger partial charge in [0.1, 0.15) is 0 Å². The van der Waals surface area contributed by atoms with E-state index in [1.165, 1.54) is 5.69 Å². The molecule has 0 amide bonds. The van der Waals surface area contributed by atoms with E-state index in [1.807, 2.05) is 12.3 Å². The van der Waals surface area contributed by atoms with Crippen molar-refractivity contribution in [2.45, 2.75) is 44.8 Å². The molecule has 1 N–H and O–H groups in total. The average molecular weight is 180 g/mol. The van der Waals surface area contributed by atoms with E-state index in [2.05, 4.69) is 16.7 Å². The van der Waals surface area contributed by atoms with Crippen molar-refractivity contribution >= 4 is 0 Å². The molecule has 0 aromatic carbocycles. The molecule has 1 aromatic heterocycles. The van der Waals surface area contributed by atoms with Crippen molar-refractivity contribution in [3.8, 4) is 0 Å². The number of hydrogen-bond donors (Lipinski definition) is 1. The minimum atomic E-state index is -0.0767. The van der Waals surface area contributed by atoms with Crippen LogP contribution in [0.3, 0.4) is 0 Å². The summed E-state index contributed by atoms with van der Waals surface area (Å²) in [5, 5.41) is 13.7. The van der Waals surface area contributed by atoms with Gasteiger partial charge in [0.05, 0.1) is 12.1 Å². The molecule has 13 heavy (non-hydrogen) atoms. The predicted molar refractivity (Wildman–Crippen MR) is 50.5 cm³/mol. The summed E-state index contributed by atoms with van der Waals surface area (Å²) < 4.78 is 2.09. The summed E-state index contributed by atoms with van der Waals surface area (Å²) in [5.74, 6) is 0. The lowest BCUT2D eigenvalue weighted by molar-refractivity contribution is 0.107. The molecule has 1 heterocycles. The van der Waals surface area contributed by atoms with Crippen molar-refractivity contribution in [3.63, 3.8) is 0 Å². The second kappa shape index (κ2) is 3.50. The molecule has 0 radical (unpaired) electrons. The summed E-state index contributed by atoms with van der Waals surface area (Å²) in [7, 11) is 0. The van der Waals surface area contributed by atoms with Gasteiger partial charge in [0.2, 0.25) is 0 Å². The molecule has 1 fully saturated rings. The van der Waals surface area contributed by atoms with Gasteiger partial charge >= 0.3 is 0 Å². The van der Waals surface area contributed by atoms with Crippen LogP contribution in [0.5, 0.6) is 0 Å². The Morgan fingerprint density at radius 1 is 1.38 bits per heavy atom. The van der Waals surface area contributed by atoms with E-state index < -0.39 is 0 Å². The molecule has 1 aromatic rings. The highest BCUT2D eigenvalue weighted by Gasteiger charge is 2.21.